The number of halogens is 2. The van der Waals surface area contributed by atoms with Gasteiger partial charge in [0.15, 0.2) is 0 Å². The van der Waals surface area contributed by atoms with E-state index >= 15 is 0 Å². The number of hydrogen-bond acceptors (Lipinski definition) is 1. The van der Waals surface area contributed by atoms with Crippen LogP contribution >= 0.6 is 11.6 Å². The summed E-state index contributed by atoms with van der Waals surface area (Å²) in [6.45, 7) is 5.24. The molecule has 0 heterocycles. The zero-order valence-electron chi connectivity index (χ0n) is 7.29. The average molecular weight is 182 g/mol. The molecule has 0 spiro atoms. The van der Waals surface area contributed by atoms with Crippen LogP contribution in [0.4, 0.5) is 4.39 Å². The predicted molar refractivity (Wildman–Crippen MR) is 48.0 cm³/mol. The van der Waals surface area contributed by atoms with E-state index in [0.717, 1.165) is 13.0 Å². The van der Waals surface area contributed by atoms with Crippen molar-refractivity contribution < 1.29 is 4.39 Å². The molecule has 3 heteroatoms. The lowest BCUT2D eigenvalue weighted by molar-refractivity contribution is 0.322. The van der Waals surface area contributed by atoms with Crippen LogP contribution in [0.15, 0.2) is 0 Å². The second-order valence-corrected chi connectivity index (χ2v) is 3.85. The summed E-state index contributed by atoms with van der Waals surface area (Å²) >= 11 is 5.60. The second kappa shape index (κ2) is 5.78. The second-order valence-electron chi connectivity index (χ2n) is 3.47. The van der Waals surface area contributed by atoms with Crippen molar-refractivity contribution in [2.45, 2.75) is 20.3 Å². The predicted octanol–water partition coefficient (Wildman–Crippen LogP) is 2.20. The molecule has 1 nitrogen and oxygen atoms in total. The fourth-order valence-electron chi connectivity index (χ4n) is 0.838. The molecule has 0 aromatic heterocycles. The first-order chi connectivity index (χ1) is 5.12. The van der Waals surface area contributed by atoms with E-state index in [-0.39, 0.29) is 12.1 Å². The van der Waals surface area contributed by atoms with Gasteiger partial charge in [-0.15, -0.1) is 11.6 Å². The summed E-state index contributed by atoms with van der Waals surface area (Å²) in [5.41, 5.74) is 0.191. The van der Waals surface area contributed by atoms with Crippen molar-refractivity contribution in [1.82, 2.24) is 5.32 Å². The molecule has 0 amide bonds. The van der Waals surface area contributed by atoms with Crippen LogP contribution in [0.5, 0.6) is 0 Å². The maximum absolute atomic E-state index is 11.7. The molecule has 0 rings (SSSR count). The van der Waals surface area contributed by atoms with Gasteiger partial charge >= 0.3 is 0 Å². The van der Waals surface area contributed by atoms with Crippen molar-refractivity contribution in [3.63, 3.8) is 0 Å². The molecular formula is C8H17ClFN. The molecule has 0 bridgehead atoms. The summed E-state index contributed by atoms with van der Waals surface area (Å²) in [6, 6.07) is 0. The van der Waals surface area contributed by atoms with E-state index in [1.165, 1.54) is 0 Å². The molecule has 11 heavy (non-hydrogen) atoms. The van der Waals surface area contributed by atoms with Gasteiger partial charge in [0.2, 0.25) is 0 Å². The molecule has 0 aromatic carbocycles. The molecule has 0 aromatic rings. The van der Waals surface area contributed by atoms with Crippen LogP contribution in [-0.2, 0) is 0 Å². The highest BCUT2D eigenvalue weighted by Crippen LogP contribution is 2.19. The van der Waals surface area contributed by atoms with Gasteiger partial charge in [0, 0.05) is 19.0 Å². The van der Waals surface area contributed by atoms with Crippen molar-refractivity contribution in [3.05, 3.63) is 0 Å². The average Bonchev–Trinajstić information content (AvgIpc) is 1.87. The van der Waals surface area contributed by atoms with Gasteiger partial charge in [-0.3, -0.25) is 0 Å². The van der Waals surface area contributed by atoms with Gasteiger partial charge in [-0.05, 0) is 11.8 Å². The van der Waals surface area contributed by atoms with Gasteiger partial charge in [0.1, 0.15) is 6.67 Å². The van der Waals surface area contributed by atoms with Crippen molar-refractivity contribution >= 4 is 11.6 Å². The highest BCUT2D eigenvalue weighted by molar-refractivity contribution is 6.17. The fourth-order valence-corrected chi connectivity index (χ4v) is 1.35. The van der Waals surface area contributed by atoms with Crippen LogP contribution in [0.2, 0.25) is 0 Å². The molecule has 0 saturated heterocycles. The normalized spacial score (nSPS) is 12.0. The van der Waals surface area contributed by atoms with E-state index < -0.39 is 0 Å². The van der Waals surface area contributed by atoms with Crippen LogP contribution in [-0.4, -0.2) is 25.6 Å². The number of hydrogen-bond donors (Lipinski definition) is 1. The molecule has 0 aliphatic heterocycles. The summed E-state index contributed by atoms with van der Waals surface area (Å²) in [6.07, 6.45) is 0.966. The lowest BCUT2D eigenvalue weighted by Crippen LogP contribution is -2.31. The zero-order chi connectivity index (χ0) is 8.74. The van der Waals surface area contributed by atoms with Gasteiger partial charge in [-0.2, -0.15) is 0 Å². The Kier molecular flexibility index (Phi) is 5.88. The van der Waals surface area contributed by atoms with Gasteiger partial charge in [0.25, 0.3) is 0 Å². The minimum atomic E-state index is -0.295. The molecule has 0 unspecified atom stereocenters. The van der Waals surface area contributed by atoms with E-state index in [0.29, 0.717) is 12.4 Å². The first kappa shape index (κ1) is 11.2. The maximum Gasteiger partial charge on any atom is 0.102 e. The van der Waals surface area contributed by atoms with Gasteiger partial charge < -0.3 is 5.32 Å². The minimum absolute atomic E-state index is 0.191. The molecule has 0 aliphatic rings. The Hall–Kier alpha value is 0.180. The number of alkyl halides is 2. The Balaban J connectivity index is 3.38. The van der Waals surface area contributed by atoms with E-state index in [9.17, 15) is 4.39 Å². The molecule has 0 radical (unpaired) electrons. The van der Waals surface area contributed by atoms with E-state index in [2.05, 4.69) is 19.2 Å². The Morgan fingerprint density at radius 3 is 2.55 bits per heavy atom. The number of rotatable bonds is 6. The molecular weight excluding hydrogens is 165 g/mol. The monoisotopic (exact) mass is 181 g/mol. The first-order valence-corrected chi connectivity index (χ1v) is 4.48. The molecule has 1 N–H and O–H groups in total. The highest BCUT2D eigenvalue weighted by atomic mass is 35.5. The summed E-state index contributed by atoms with van der Waals surface area (Å²) in [4.78, 5) is 0. The van der Waals surface area contributed by atoms with Crippen LogP contribution in [0.25, 0.3) is 0 Å². The van der Waals surface area contributed by atoms with Crippen molar-refractivity contribution in [2.24, 2.45) is 5.41 Å². The Morgan fingerprint density at radius 1 is 1.45 bits per heavy atom. The third-order valence-corrected chi connectivity index (χ3v) is 1.84. The quantitative estimate of drug-likeness (QED) is 0.490. The van der Waals surface area contributed by atoms with E-state index in [1.807, 2.05) is 0 Å². The summed E-state index contributed by atoms with van der Waals surface area (Å²) in [5, 5.41) is 3.03. The van der Waals surface area contributed by atoms with Gasteiger partial charge in [-0.1, -0.05) is 13.8 Å². The Labute approximate surface area is 73.3 Å². The van der Waals surface area contributed by atoms with Crippen molar-refractivity contribution in [3.8, 4) is 0 Å². The van der Waals surface area contributed by atoms with Crippen LogP contribution in [0.1, 0.15) is 20.3 Å². The lowest BCUT2D eigenvalue weighted by atomic mass is 9.90. The smallest absolute Gasteiger partial charge is 0.102 e. The summed E-state index contributed by atoms with van der Waals surface area (Å²) < 4.78 is 11.7. The zero-order valence-corrected chi connectivity index (χ0v) is 8.05. The Bertz CT molecular complexity index is 96.1. The van der Waals surface area contributed by atoms with Crippen LogP contribution < -0.4 is 5.32 Å². The minimum Gasteiger partial charge on any atom is -0.314 e. The largest absolute Gasteiger partial charge is 0.314 e. The van der Waals surface area contributed by atoms with E-state index in [1.54, 1.807) is 0 Å². The van der Waals surface area contributed by atoms with Crippen LogP contribution in [0.3, 0.4) is 0 Å². The standard InChI is InChI=1S/C8H17ClFN/c1-8(2,3-4-9)7-11-6-5-10/h11H,3-7H2,1-2H3. The third-order valence-electron chi connectivity index (χ3n) is 1.65. The first-order valence-electron chi connectivity index (χ1n) is 3.95. The van der Waals surface area contributed by atoms with Crippen LogP contribution in [0, 0.1) is 5.41 Å². The highest BCUT2D eigenvalue weighted by Gasteiger charge is 2.15. The fraction of sp³-hybridized carbons (Fsp3) is 1.00. The molecule has 0 saturated carbocycles. The SMILES string of the molecule is CC(C)(CCCl)CNCCF. The Morgan fingerprint density at radius 2 is 2.09 bits per heavy atom. The van der Waals surface area contributed by atoms with Crippen molar-refractivity contribution in [2.75, 3.05) is 25.6 Å². The molecule has 68 valence electrons. The molecule has 0 aliphatic carbocycles. The van der Waals surface area contributed by atoms with Gasteiger partial charge in [-0.25, -0.2) is 4.39 Å². The molecule has 0 atom stereocenters. The van der Waals surface area contributed by atoms with Crippen molar-refractivity contribution in [1.29, 1.82) is 0 Å². The topological polar surface area (TPSA) is 12.0 Å². The lowest BCUT2D eigenvalue weighted by Gasteiger charge is -2.23. The van der Waals surface area contributed by atoms with E-state index in [4.69, 9.17) is 11.6 Å². The molecule has 0 fully saturated rings. The third kappa shape index (κ3) is 6.57. The maximum atomic E-state index is 11.7. The van der Waals surface area contributed by atoms with Gasteiger partial charge in [0.05, 0.1) is 0 Å². The number of nitrogens with one attached hydrogen (secondary N) is 1. The summed E-state index contributed by atoms with van der Waals surface area (Å²) in [5.74, 6) is 0.671. The summed E-state index contributed by atoms with van der Waals surface area (Å²) in [7, 11) is 0.